The first kappa shape index (κ1) is 20.4. The molecule has 0 spiro atoms. The summed E-state index contributed by atoms with van der Waals surface area (Å²) in [6, 6.07) is 6.09. The summed E-state index contributed by atoms with van der Waals surface area (Å²) in [5.41, 5.74) is 4.88. The molecule has 0 saturated carbocycles. The average Bonchev–Trinajstić information content (AvgIpc) is 2.67. The van der Waals surface area contributed by atoms with E-state index >= 15 is 0 Å². The van der Waals surface area contributed by atoms with E-state index in [0.717, 1.165) is 46.3 Å². The van der Waals surface area contributed by atoms with Crippen molar-refractivity contribution in [2.24, 2.45) is 0 Å². The number of aromatic amines is 1. The zero-order chi connectivity index (χ0) is 19.9. The zero-order valence-corrected chi connectivity index (χ0v) is 18.3. The number of aryl methyl sites for hydroxylation is 3. The van der Waals surface area contributed by atoms with Gasteiger partial charge in [-0.25, -0.2) is 4.98 Å². The van der Waals surface area contributed by atoms with E-state index in [0.29, 0.717) is 17.9 Å². The van der Waals surface area contributed by atoms with E-state index in [4.69, 9.17) is 0 Å². The Morgan fingerprint density at radius 3 is 2.64 bits per heavy atom. The Balaban J connectivity index is 1.46. The van der Waals surface area contributed by atoms with Crippen LogP contribution in [0.4, 0.5) is 5.95 Å². The van der Waals surface area contributed by atoms with Crippen molar-refractivity contribution in [3.8, 4) is 0 Å². The van der Waals surface area contributed by atoms with Crippen LogP contribution in [0.5, 0.6) is 0 Å². The van der Waals surface area contributed by atoms with Crippen molar-refractivity contribution < 1.29 is 0 Å². The van der Waals surface area contributed by atoms with Crippen LogP contribution in [0.2, 0.25) is 0 Å². The van der Waals surface area contributed by atoms with E-state index in [1.54, 1.807) is 12.4 Å². The number of halogens is 1. The minimum absolute atomic E-state index is 0.114. The zero-order valence-electron chi connectivity index (χ0n) is 16.1. The third-order valence-electron chi connectivity index (χ3n) is 4.53. The van der Waals surface area contributed by atoms with Crippen molar-refractivity contribution in [3.63, 3.8) is 0 Å². The Bertz CT molecular complexity index is 985. The number of nitrogens with zero attached hydrogens (tertiary/aromatic N) is 3. The highest BCUT2D eigenvalue weighted by Crippen LogP contribution is 2.12. The van der Waals surface area contributed by atoms with Crippen molar-refractivity contribution in [1.82, 2.24) is 19.9 Å². The Morgan fingerprint density at radius 2 is 1.93 bits per heavy atom. The lowest BCUT2D eigenvalue weighted by Crippen LogP contribution is -2.17. The van der Waals surface area contributed by atoms with Gasteiger partial charge in [0.1, 0.15) is 0 Å². The third kappa shape index (κ3) is 5.85. The maximum absolute atomic E-state index is 12.3. The SMILES string of the molecule is Cc1ccc(Cc2cnc(NCCCCc3ncc(I)cc3C)[nH]c2=O)cn1. The normalized spacial score (nSPS) is 10.8. The molecule has 2 N–H and O–H groups in total. The second kappa shape index (κ2) is 9.77. The molecule has 28 heavy (non-hydrogen) atoms. The summed E-state index contributed by atoms with van der Waals surface area (Å²) in [4.78, 5) is 28.2. The number of nitrogens with one attached hydrogen (secondary N) is 2. The molecule has 0 atom stereocenters. The maximum atomic E-state index is 12.3. The van der Waals surface area contributed by atoms with Gasteiger partial charge in [-0.1, -0.05) is 6.07 Å². The van der Waals surface area contributed by atoms with Crippen LogP contribution in [-0.2, 0) is 12.8 Å². The predicted molar refractivity (Wildman–Crippen MR) is 120 cm³/mol. The van der Waals surface area contributed by atoms with Gasteiger partial charge in [0.05, 0.1) is 0 Å². The lowest BCUT2D eigenvalue weighted by atomic mass is 10.1. The number of aromatic nitrogens is 4. The summed E-state index contributed by atoms with van der Waals surface area (Å²) in [6.45, 7) is 4.80. The summed E-state index contributed by atoms with van der Waals surface area (Å²) in [5, 5.41) is 3.19. The van der Waals surface area contributed by atoms with Crippen LogP contribution in [0.1, 0.15) is 40.9 Å². The quantitative estimate of drug-likeness (QED) is 0.372. The molecule has 3 aromatic rings. The molecule has 0 aliphatic heterocycles. The summed E-state index contributed by atoms with van der Waals surface area (Å²) in [7, 11) is 0. The van der Waals surface area contributed by atoms with E-state index in [1.807, 2.05) is 25.3 Å². The Morgan fingerprint density at radius 1 is 1.07 bits per heavy atom. The fraction of sp³-hybridized carbons (Fsp3) is 0.333. The van der Waals surface area contributed by atoms with Crippen LogP contribution in [0.25, 0.3) is 0 Å². The smallest absolute Gasteiger partial charge is 0.255 e. The highest BCUT2D eigenvalue weighted by Gasteiger charge is 2.05. The van der Waals surface area contributed by atoms with Crippen LogP contribution in [0.3, 0.4) is 0 Å². The molecule has 0 amide bonds. The highest BCUT2D eigenvalue weighted by molar-refractivity contribution is 14.1. The molecule has 7 heteroatoms. The first-order chi connectivity index (χ1) is 13.5. The number of hydrogen-bond donors (Lipinski definition) is 2. The number of anilines is 1. The molecule has 0 saturated heterocycles. The Labute approximate surface area is 178 Å². The van der Waals surface area contributed by atoms with Gasteiger partial charge in [-0.15, -0.1) is 0 Å². The first-order valence-electron chi connectivity index (χ1n) is 9.36. The van der Waals surface area contributed by atoms with E-state index in [-0.39, 0.29) is 5.56 Å². The van der Waals surface area contributed by atoms with Gasteiger partial charge in [-0.2, -0.15) is 0 Å². The van der Waals surface area contributed by atoms with E-state index in [2.05, 4.69) is 60.8 Å². The largest absolute Gasteiger partial charge is 0.356 e. The summed E-state index contributed by atoms with van der Waals surface area (Å²) < 4.78 is 1.16. The first-order valence-corrected chi connectivity index (χ1v) is 10.4. The van der Waals surface area contributed by atoms with Crippen LogP contribution < -0.4 is 10.9 Å². The van der Waals surface area contributed by atoms with E-state index < -0.39 is 0 Å². The van der Waals surface area contributed by atoms with Gasteiger partial charge in [0.15, 0.2) is 0 Å². The van der Waals surface area contributed by atoms with Crippen molar-refractivity contribution in [1.29, 1.82) is 0 Å². The van der Waals surface area contributed by atoms with Gasteiger partial charge in [-0.05, 0) is 79.0 Å². The molecular weight excluding hydrogens is 465 g/mol. The fourth-order valence-corrected chi connectivity index (χ4v) is 3.52. The number of pyridine rings is 2. The van der Waals surface area contributed by atoms with Crippen molar-refractivity contribution in [2.75, 3.05) is 11.9 Å². The molecule has 0 aromatic carbocycles. The minimum atomic E-state index is -0.114. The van der Waals surface area contributed by atoms with Crippen molar-refractivity contribution >= 4 is 28.5 Å². The summed E-state index contributed by atoms with van der Waals surface area (Å²) in [5.74, 6) is 0.513. The lowest BCUT2D eigenvalue weighted by molar-refractivity contribution is 0.741. The van der Waals surface area contributed by atoms with Crippen LogP contribution in [-0.4, -0.2) is 26.5 Å². The molecule has 6 nitrogen and oxygen atoms in total. The lowest BCUT2D eigenvalue weighted by Gasteiger charge is -2.08. The predicted octanol–water partition coefficient (Wildman–Crippen LogP) is 3.81. The number of unbranched alkanes of at least 4 members (excludes halogenated alkanes) is 1. The molecule has 0 bridgehead atoms. The summed E-state index contributed by atoms with van der Waals surface area (Å²) >= 11 is 2.28. The van der Waals surface area contributed by atoms with Gasteiger partial charge in [-0.3, -0.25) is 19.7 Å². The monoisotopic (exact) mass is 489 g/mol. The molecule has 0 aliphatic rings. The molecule has 3 rings (SSSR count). The Hall–Kier alpha value is -2.29. The van der Waals surface area contributed by atoms with E-state index in [9.17, 15) is 4.79 Å². The molecular formula is C21H24IN5O. The number of H-pyrrole nitrogens is 1. The maximum Gasteiger partial charge on any atom is 0.255 e. The highest BCUT2D eigenvalue weighted by atomic mass is 127. The topological polar surface area (TPSA) is 83.6 Å². The average molecular weight is 489 g/mol. The number of hydrogen-bond acceptors (Lipinski definition) is 5. The minimum Gasteiger partial charge on any atom is -0.356 e. The van der Waals surface area contributed by atoms with Crippen LogP contribution in [0, 0.1) is 17.4 Å². The third-order valence-corrected chi connectivity index (χ3v) is 5.12. The summed E-state index contributed by atoms with van der Waals surface area (Å²) in [6.07, 6.45) is 8.84. The number of rotatable bonds is 8. The van der Waals surface area contributed by atoms with Crippen LogP contribution in [0.15, 0.2) is 41.6 Å². The fourth-order valence-electron chi connectivity index (χ4n) is 2.91. The van der Waals surface area contributed by atoms with Gasteiger partial charge in [0, 0.05) is 52.1 Å². The molecule has 3 heterocycles. The second-order valence-electron chi connectivity index (χ2n) is 6.87. The van der Waals surface area contributed by atoms with Gasteiger partial charge >= 0.3 is 0 Å². The molecule has 3 aromatic heterocycles. The second-order valence-corrected chi connectivity index (χ2v) is 8.12. The van der Waals surface area contributed by atoms with Crippen molar-refractivity contribution in [3.05, 3.63) is 78.8 Å². The standard InChI is InChI=1S/C21H24IN5O/c1-14-9-18(22)13-25-19(14)5-3-4-8-23-21-26-12-17(20(28)27-21)10-16-7-6-15(2)24-11-16/h6-7,9,11-13H,3-5,8,10H2,1-2H3,(H2,23,26,27,28). The molecule has 146 valence electrons. The van der Waals surface area contributed by atoms with Crippen molar-refractivity contribution in [2.45, 2.75) is 39.5 Å². The molecule has 0 unspecified atom stereocenters. The van der Waals surface area contributed by atoms with Gasteiger partial charge in [0.2, 0.25) is 5.95 Å². The van der Waals surface area contributed by atoms with Crippen LogP contribution >= 0.6 is 22.6 Å². The molecule has 0 radical (unpaired) electrons. The molecule has 0 fully saturated rings. The molecule has 0 aliphatic carbocycles. The van der Waals surface area contributed by atoms with E-state index in [1.165, 1.54) is 5.56 Å². The Kier molecular flexibility index (Phi) is 7.13. The van der Waals surface area contributed by atoms with Gasteiger partial charge < -0.3 is 5.32 Å². The van der Waals surface area contributed by atoms with Gasteiger partial charge in [0.25, 0.3) is 5.56 Å².